The molecule has 0 radical (unpaired) electrons. The van der Waals surface area contributed by atoms with Crippen molar-refractivity contribution in [2.45, 2.75) is 38.5 Å². The molecular weight excluding hydrogens is 179 g/mol. The topological polar surface area (TPSA) is 34.1 Å². The fourth-order valence-electron chi connectivity index (χ4n) is 1.81. The molecule has 0 bridgehead atoms. The van der Waals surface area contributed by atoms with Gasteiger partial charge >= 0.3 is 10.2 Å². The highest BCUT2D eigenvalue weighted by Gasteiger charge is 2.19. The van der Waals surface area contributed by atoms with Gasteiger partial charge in [0.15, 0.2) is 0 Å². The summed E-state index contributed by atoms with van der Waals surface area (Å²) in [5.41, 5.74) is 0. The monoisotopic (exact) mass is 194 g/mol. The normalized spacial score (nSPS) is 22.1. The van der Waals surface area contributed by atoms with Crippen molar-refractivity contribution in [3.05, 3.63) is 0 Å². The molecule has 1 aliphatic rings. The van der Waals surface area contributed by atoms with E-state index in [1.165, 1.54) is 12.8 Å². The van der Waals surface area contributed by atoms with Gasteiger partial charge in [-0.15, -0.1) is 3.89 Å². The smallest absolute Gasteiger partial charge is 0.195 e. The molecule has 12 heavy (non-hydrogen) atoms. The van der Waals surface area contributed by atoms with Crippen LogP contribution >= 0.6 is 0 Å². The molecule has 0 saturated heterocycles. The molecule has 0 aromatic carbocycles. The van der Waals surface area contributed by atoms with Gasteiger partial charge in [-0.2, -0.15) is 8.42 Å². The summed E-state index contributed by atoms with van der Waals surface area (Å²) in [6.07, 6.45) is 6.21. The second-order valence-electron chi connectivity index (χ2n) is 3.56. The Kier molecular flexibility index (Phi) is 3.50. The van der Waals surface area contributed by atoms with Crippen molar-refractivity contribution in [1.29, 1.82) is 0 Å². The second kappa shape index (κ2) is 4.21. The molecule has 72 valence electrons. The summed E-state index contributed by atoms with van der Waals surface area (Å²) in [5, 5.41) is 0. The maximum atomic E-state index is 12.3. The molecule has 0 heterocycles. The maximum absolute atomic E-state index is 12.3. The Labute approximate surface area is 73.4 Å². The molecule has 0 atom stereocenters. The van der Waals surface area contributed by atoms with Crippen molar-refractivity contribution in [2.24, 2.45) is 5.92 Å². The van der Waals surface area contributed by atoms with E-state index in [-0.39, 0.29) is 11.7 Å². The molecule has 1 aliphatic carbocycles. The SMILES string of the molecule is O=S(=O)(F)CC1CCCCCC1. The van der Waals surface area contributed by atoms with E-state index in [2.05, 4.69) is 0 Å². The molecule has 1 rings (SSSR count). The molecule has 0 aromatic rings. The highest BCUT2D eigenvalue weighted by Crippen LogP contribution is 2.24. The first-order chi connectivity index (χ1) is 5.58. The van der Waals surface area contributed by atoms with Crippen LogP contribution in [0.5, 0.6) is 0 Å². The first-order valence-corrected chi connectivity index (χ1v) is 6.05. The lowest BCUT2D eigenvalue weighted by atomic mass is 10.0. The summed E-state index contributed by atoms with van der Waals surface area (Å²) >= 11 is 0. The van der Waals surface area contributed by atoms with Crippen LogP contribution in [0.2, 0.25) is 0 Å². The van der Waals surface area contributed by atoms with Gasteiger partial charge < -0.3 is 0 Å². The highest BCUT2D eigenvalue weighted by molar-refractivity contribution is 7.86. The van der Waals surface area contributed by atoms with Crippen LogP contribution in [0.1, 0.15) is 38.5 Å². The second-order valence-corrected chi connectivity index (χ2v) is 4.97. The number of hydrogen-bond acceptors (Lipinski definition) is 2. The van der Waals surface area contributed by atoms with Gasteiger partial charge in [-0.3, -0.25) is 0 Å². The zero-order valence-corrected chi connectivity index (χ0v) is 7.95. The predicted octanol–water partition coefficient (Wildman–Crippen LogP) is 2.26. The summed E-state index contributed by atoms with van der Waals surface area (Å²) in [6, 6.07) is 0. The third-order valence-electron chi connectivity index (χ3n) is 2.41. The Hall–Kier alpha value is -0.120. The lowest BCUT2D eigenvalue weighted by Gasteiger charge is -2.09. The van der Waals surface area contributed by atoms with Crippen LogP contribution in [-0.2, 0) is 10.2 Å². The van der Waals surface area contributed by atoms with E-state index in [0.29, 0.717) is 0 Å². The van der Waals surface area contributed by atoms with Crippen molar-refractivity contribution in [3.63, 3.8) is 0 Å². The Morgan fingerprint density at radius 3 is 2.00 bits per heavy atom. The van der Waals surface area contributed by atoms with Crippen LogP contribution < -0.4 is 0 Å². The van der Waals surface area contributed by atoms with Crippen molar-refractivity contribution in [3.8, 4) is 0 Å². The predicted molar refractivity (Wildman–Crippen MR) is 46.1 cm³/mol. The van der Waals surface area contributed by atoms with Crippen LogP contribution in [0.3, 0.4) is 0 Å². The van der Waals surface area contributed by atoms with Crippen LogP contribution in [-0.4, -0.2) is 14.2 Å². The minimum Gasteiger partial charge on any atom is -0.195 e. The fraction of sp³-hybridized carbons (Fsp3) is 1.00. The molecule has 0 N–H and O–H groups in total. The van der Waals surface area contributed by atoms with Crippen molar-refractivity contribution >= 4 is 10.2 Å². The van der Waals surface area contributed by atoms with E-state index >= 15 is 0 Å². The maximum Gasteiger partial charge on any atom is 0.302 e. The molecule has 2 nitrogen and oxygen atoms in total. The molecule has 1 fully saturated rings. The molecule has 1 saturated carbocycles. The fourth-order valence-corrected chi connectivity index (χ4v) is 2.71. The summed E-state index contributed by atoms with van der Waals surface area (Å²) in [5.74, 6) is -0.185. The lowest BCUT2D eigenvalue weighted by molar-refractivity contribution is 0.478. The number of halogens is 1. The van der Waals surface area contributed by atoms with Gasteiger partial charge in [0.1, 0.15) is 0 Å². The number of rotatable bonds is 2. The first-order valence-electron chi connectivity index (χ1n) is 4.50. The quantitative estimate of drug-likeness (QED) is 0.499. The van der Waals surface area contributed by atoms with Crippen LogP contribution in [0.15, 0.2) is 0 Å². The van der Waals surface area contributed by atoms with E-state index in [1.54, 1.807) is 0 Å². The van der Waals surface area contributed by atoms with Crippen molar-refractivity contribution in [1.82, 2.24) is 0 Å². The van der Waals surface area contributed by atoms with Gasteiger partial charge in [-0.05, 0) is 18.8 Å². The molecule has 0 aromatic heterocycles. The van der Waals surface area contributed by atoms with Crippen LogP contribution in [0.25, 0.3) is 0 Å². The molecule has 0 unspecified atom stereocenters. The van der Waals surface area contributed by atoms with E-state index in [1.807, 2.05) is 0 Å². The van der Waals surface area contributed by atoms with E-state index < -0.39 is 10.2 Å². The van der Waals surface area contributed by atoms with Gasteiger partial charge in [-0.1, -0.05) is 25.7 Å². The highest BCUT2D eigenvalue weighted by atomic mass is 32.3. The van der Waals surface area contributed by atoms with Crippen LogP contribution in [0, 0.1) is 5.92 Å². The van der Waals surface area contributed by atoms with Gasteiger partial charge in [-0.25, -0.2) is 0 Å². The standard InChI is InChI=1S/C8H15FO2S/c9-12(10,11)7-8-5-3-1-2-4-6-8/h8H,1-7H2. The molecule has 4 heteroatoms. The lowest BCUT2D eigenvalue weighted by Crippen LogP contribution is -2.11. The third-order valence-corrected chi connectivity index (χ3v) is 3.28. The summed E-state index contributed by atoms with van der Waals surface area (Å²) in [4.78, 5) is 0. The summed E-state index contributed by atoms with van der Waals surface area (Å²) < 4.78 is 33.0. The van der Waals surface area contributed by atoms with Gasteiger partial charge in [0.25, 0.3) is 0 Å². The van der Waals surface area contributed by atoms with E-state index in [0.717, 1.165) is 25.7 Å². The Bertz CT molecular complexity index is 215. The largest absolute Gasteiger partial charge is 0.302 e. The first kappa shape index (κ1) is 9.96. The van der Waals surface area contributed by atoms with E-state index in [9.17, 15) is 12.3 Å². The zero-order chi connectivity index (χ0) is 9.03. The Morgan fingerprint density at radius 1 is 1.08 bits per heavy atom. The van der Waals surface area contributed by atoms with Crippen molar-refractivity contribution < 1.29 is 12.3 Å². The zero-order valence-electron chi connectivity index (χ0n) is 7.13. The van der Waals surface area contributed by atoms with Crippen LogP contribution in [0.4, 0.5) is 3.89 Å². The Balaban J connectivity index is 2.40. The minimum absolute atomic E-state index is 0.0718. The molecule has 0 aliphatic heterocycles. The van der Waals surface area contributed by atoms with E-state index in [4.69, 9.17) is 0 Å². The number of hydrogen-bond donors (Lipinski definition) is 0. The average molecular weight is 194 g/mol. The summed E-state index contributed by atoms with van der Waals surface area (Å²) in [6.45, 7) is 0. The third kappa shape index (κ3) is 4.04. The summed E-state index contributed by atoms with van der Waals surface area (Å²) in [7, 11) is -4.24. The molecular formula is C8H15FO2S. The minimum atomic E-state index is -4.24. The molecule has 0 spiro atoms. The Morgan fingerprint density at radius 2 is 1.58 bits per heavy atom. The van der Waals surface area contributed by atoms with Crippen molar-refractivity contribution in [2.75, 3.05) is 5.75 Å². The molecule has 0 amide bonds. The van der Waals surface area contributed by atoms with Gasteiger partial charge in [0.05, 0.1) is 5.75 Å². The van der Waals surface area contributed by atoms with Gasteiger partial charge in [0.2, 0.25) is 0 Å². The van der Waals surface area contributed by atoms with Gasteiger partial charge in [0, 0.05) is 0 Å². The average Bonchev–Trinajstić information content (AvgIpc) is 2.12.